The largest absolute Gasteiger partial charge is 0.265 e. The van der Waals surface area contributed by atoms with E-state index in [0.29, 0.717) is 6.42 Å². The monoisotopic (exact) mass is 328 g/mol. The van der Waals surface area contributed by atoms with Gasteiger partial charge in [0.25, 0.3) is 0 Å². The maximum Gasteiger partial charge on any atom is 0.244 e. The molecule has 2 rings (SSSR count). The molecule has 0 fully saturated rings. The number of rotatable bonds is 5. The molecule has 21 heavy (non-hydrogen) atoms. The topological polar surface area (TPSA) is 50.3 Å². The zero-order chi connectivity index (χ0) is 15.5. The predicted molar refractivity (Wildman–Crippen MR) is 79.2 cm³/mol. The molecule has 2 aromatic rings. The van der Waals surface area contributed by atoms with Crippen LogP contribution in [0.1, 0.15) is 5.56 Å². The highest BCUT2D eigenvalue weighted by molar-refractivity contribution is 7.89. The summed E-state index contributed by atoms with van der Waals surface area (Å²) in [6.45, 7) is 0.263. The molecule has 1 aromatic carbocycles. The maximum atomic E-state index is 13.2. The molecule has 0 aliphatic rings. The highest BCUT2D eigenvalue weighted by atomic mass is 35.5. The minimum atomic E-state index is -3.82. The van der Waals surface area contributed by atoms with Crippen molar-refractivity contribution in [1.82, 2.24) is 9.29 Å². The van der Waals surface area contributed by atoms with Gasteiger partial charge in [0.15, 0.2) is 0 Å². The molecule has 0 spiro atoms. The van der Waals surface area contributed by atoms with E-state index in [2.05, 4.69) is 4.98 Å². The van der Waals surface area contributed by atoms with Gasteiger partial charge in [0.2, 0.25) is 10.0 Å². The summed E-state index contributed by atoms with van der Waals surface area (Å²) in [7, 11) is -2.37. The van der Waals surface area contributed by atoms with E-state index >= 15 is 0 Å². The zero-order valence-electron chi connectivity index (χ0n) is 11.3. The van der Waals surface area contributed by atoms with Gasteiger partial charge in [-0.3, -0.25) is 4.98 Å². The Labute approximate surface area is 128 Å². The molecular weight excluding hydrogens is 315 g/mol. The molecule has 4 nitrogen and oxygen atoms in total. The minimum absolute atomic E-state index is 0.00663. The number of halogens is 2. The third-order valence-corrected chi connectivity index (χ3v) is 5.38. The Hall–Kier alpha value is -1.50. The number of pyridine rings is 1. The van der Waals surface area contributed by atoms with Gasteiger partial charge < -0.3 is 0 Å². The minimum Gasteiger partial charge on any atom is -0.265 e. The first-order valence-electron chi connectivity index (χ1n) is 6.21. The zero-order valence-corrected chi connectivity index (χ0v) is 12.9. The smallest absolute Gasteiger partial charge is 0.244 e. The van der Waals surface area contributed by atoms with Crippen molar-refractivity contribution in [2.75, 3.05) is 13.6 Å². The van der Waals surface area contributed by atoms with E-state index in [1.54, 1.807) is 12.4 Å². The van der Waals surface area contributed by atoms with Crippen molar-refractivity contribution in [3.05, 3.63) is 59.1 Å². The van der Waals surface area contributed by atoms with Crippen molar-refractivity contribution in [2.24, 2.45) is 0 Å². The van der Waals surface area contributed by atoms with Crippen molar-refractivity contribution in [3.63, 3.8) is 0 Å². The summed E-state index contributed by atoms with van der Waals surface area (Å²) in [5.41, 5.74) is 0.970. The van der Waals surface area contributed by atoms with Crippen molar-refractivity contribution >= 4 is 21.6 Å². The molecule has 0 unspecified atom stereocenters. The van der Waals surface area contributed by atoms with Crippen molar-refractivity contribution in [3.8, 4) is 0 Å². The summed E-state index contributed by atoms with van der Waals surface area (Å²) < 4.78 is 39.2. The van der Waals surface area contributed by atoms with Crippen molar-refractivity contribution in [2.45, 2.75) is 11.3 Å². The van der Waals surface area contributed by atoms with E-state index in [-0.39, 0.29) is 16.5 Å². The highest BCUT2D eigenvalue weighted by Gasteiger charge is 2.23. The number of benzene rings is 1. The molecule has 0 aliphatic heterocycles. The van der Waals surface area contributed by atoms with Crippen LogP contribution in [-0.4, -0.2) is 31.3 Å². The normalized spacial score (nSPS) is 11.8. The lowest BCUT2D eigenvalue weighted by atomic mass is 10.2. The van der Waals surface area contributed by atoms with E-state index in [9.17, 15) is 12.8 Å². The Bertz CT molecular complexity index is 723. The molecule has 7 heteroatoms. The first-order chi connectivity index (χ1) is 9.91. The Balaban J connectivity index is 2.17. The standard InChI is InChI=1S/C14H14ClFN2O2S/c1-18(9-6-11-4-7-17-8-5-11)21(19,20)14-10-12(16)2-3-13(14)15/h2-5,7-8,10H,6,9H2,1H3. The molecule has 0 saturated heterocycles. The van der Waals surface area contributed by atoms with Crippen molar-refractivity contribution in [1.29, 1.82) is 0 Å². The second-order valence-corrected chi connectivity index (χ2v) is 6.93. The van der Waals surface area contributed by atoms with Crippen LogP contribution in [0.3, 0.4) is 0 Å². The van der Waals surface area contributed by atoms with Gasteiger partial charge in [0, 0.05) is 26.0 Å². The third-order valence-electron chi connectivity index (χ3n) is 3.05. The number of hydrogen-bond donors (Lipinski definition) is 0. The number of sulfonamides is 1. The van der Waals surface area contributed by atoms with E-state index in [1.165, 1.54) is 13.1 Å². The van der Waals surface area contributed by atoms with Gasteiger partial charge in [0.1, 0.15) is 10.7 Å². The molecule has 0 atom stereocenters. The van der Waals surface area contributed by atoms with Crippen LogP contribution in [0.5, 0.6) is 0 Å². The number of hydrogen-bond acceptors (Lipinski definition) is 3. The number of nitrogens with zero attached hydrogens (tertiary/aromatic N) is 2. The fourth-order valence-electron chi connectivity index (χ4n) is 1.80. The van der Waals surface area contributed by atoms with Gasteiger partial charge in [-0.2, -0.15) is 0 Å². The molecule has 0 aliphatic carbocycles. The average Bonchev–Trinajstić information content (AvgIpc) is 2.48. The highest BCUT2D eigenvalue weighted by Crippen LogP contribution is 2.24. The molecular formula is C14H14ClFN2O2S. The van der Waals surface area contributed by atoms with Gasteiger partial charge >= 0.3 is 0 Å². The molecule has 0 bridgehead atoms. The molecule has 0 N–H and O–H groups in total. The van der Waals surface area contributed by atoms with Crippen molar-refractivity contribution < 1.29 is 12.8 Å². The molecule has 112 valence electrons. The van der Waals surface area contributed by atoms with E-state index in [1.807, 2.05) is 12.1 Å². The Kier molecular flexibility index (Phi) is 4.92. The second-order valence-electron chi connectivity index (χ2n) is 4.51. The quantitative estimate of drug-likeness (QED) is 0.848. The molecule has 0 saturated carbocycles. The number of aromatic nitrogens is 1. The van der Waals surface area contributed by atoms with Crippen LogP contribution >= 0.6 is 11.6 Å². The van der Waals surface area contributed by atoms with Crippen LogP contribution in [0.2, 0.25) is 5.02 Å². The molecule has 1 heterocycles. The van der Waals surface area contributed by atoms with Crippen LogP contribution < -0.4 is 0 Å². The Morgan fingerprint density at radius 3 is 2.57 bits per heavy atom. The summed E-state index contributed by atoms with van der Waals surface area (Å²) in [5.74, 6) is -0.638. The molecule has 0 radical (unpaired) electrons. The van der Waals surface area contributed by atoms with E-state index in [4.69, 9.17) is 11.6 Å². The van der Waals surface area contributed by atoms with Gasteiger partial charge in [-0.1, -0.05) is 11.6 Å². The average molecular weight is 329 g/mol. The third kappa shape index (κ3) is 3.78. The van der Waals surface area contributed by atoms with Gasteiger partial charge in [-0.25, -0.2) is 17.1 Å². The SMILES string of the molecule is CN(CCc1ccncc1)S(=O)(=O)c1cc(F)ccc1Cl. The van der Waals surface area contributed by atoms with Crippen LogP contribution in [0.4, 0.5) is 4.39 Å². The van der Waals surface area contributed by atoms with Crippen LogP contribution in [0, 0.1) is 5.82 Å². The summed E-state index contributed by atoms with van der Waals surface area (Å²) in [4.78, 5) is 3.68. The first kappa shape index (κ1) is 15.9. The summed E-state index contributed by atoms with van der Waals surface area (Å²) in [5, 5.41) is 0.00663. The van der Waals surface area contributed by atoms with E-state index in [0.717, 1.165) is 22.0 Å². The molecule has 1 aromatic heterocycles. The Morgan fingerprint density at radius 1 is 1.24 bits per heavy atom. The Morgan fingerprint density at radius 2 is 1.90 bits per heavy atom. The van der Waals surface area contributed by atoms with Gasteiger partial charge in [-0.15, -0.1) is 0 Å². The van der Waals surface area contributed by atoms with E-state index < -0.39 is 15.8 Å². The van der Waals surface area contributed by atoms with Gasteiger partial charge in [-0.05, 0) is 42.3 Å². The number of likely N-dealkylation sites (N-methyl/N-ethyl adjacent to an activating group) is 1. The molecule has 0 amide bonds. The lowest BCUT2D eigenvalue weighted by Gasteiger charge is -2.18. The fraction of sp³-hybridized carbons (Fsp3) is 0.214. The predicted octanol–water partition coefficient (Wildman–Crippen LogP) is 2.74. The lowest BCUT2D eigenvalue weighted by Crippen LogP contribution is -2.29. The second kappa shape index (κ2) is 6.51. The first-order valence-corrected chi connectivity index (χ1v) is 8.03. The van der Waals surface area contributed by atoms with Gasteiger partial charge in [0.05, 0.1) is 5.02 Å². The van der Waals surface area contributed by atoms with Crippen LogP contribution in [-0.2, 0) is 16.4 Å². The summed E-state index contributed by atoms with van der Waals surface area (Å²) in [6.07, 6.45) is 3.83. The van der Waals surface area contributed by atoms with Crippen LogP contribution in [0.25, 0.3) is 0 Å². The lowest BCUT2D eigenvalue weighted by molar-refractivity contribution is 0.471. The maximum absolute atomic E-state index is 13.2. The fourth-order valence-corrected chi connectivity index (χ4v) is 3.45. The van der Waals surface area contributed by atoms with Crippen LogP contribution in [0.15, 0.2) is 47.6 Å². The summed E-state index contributed by atoms with van der Waals surface area (Å²) >= 11 is 5.86. The summed E-state index contributed by atoms with van der Waals surface area (Å²) in [6, 6.07) is 6.92.